The Labute approximate surface area is 83.6 Å². The third kappa shape index (κ3) is 1.20. The molecular weight excluding hydrogens is 200 g/mol. The molecule has 0 amide bonds. The Morgan fingerprint density at radius 3 is 2.71 bits per heavy atom. The summed E-state index contributed by atoms with van der Waals surface area (Å²) in [6.07, 6.45) is 0.599. The van der Waals surface area contributed by atoms with Gasteiger partial charge in [-0.15, -0.1) is 11.3 Å². The third-order valence-corrected chi connectivity index (χ3v) is 3.12. The lowest BCUT2D eigenvalue weighted by atomic mass is 10.1. The fourth-order valence-electron chi connectivity index (χ4n) is 1.34. The minimum atomic E-state index is -1.05. The number of aromatic carboxylic acids is 1. The summed E-state index contributed by atoms with van der Waals surface area (Å²) in [6, 6.07) is 7.16. The van der Waals surface area contributed by atoms with Gasteiger partial charge in [-0.1, -0.05) is 18.2 Å². The topological polar surface area (TPSA) is 54.4 Å². The number of carbonyl (C=O) groups excluding carboxylic acids is 1. The predicted octanol–water partition coefficient (Wildman–Crippen LogP) is 2.41. The maximum atomic E-state index is 10.8. The SMILES string of the molecule is O=Cc1c(C(=O)O)sc2ccccc12. The van der Waals surface area contributed by atoms with E-state index in [4.69, 9.17) is 5.11 Å². The first-order chi connectivity index (χ1) is 6.74. The number of benzene rings is 1. The Bertz CT molecular complexity index is 513. The van der Waals surface area contributed by atoms with Gasteiger partial charge in [0.25, 0.3) is 0 Å². The van der Waals surface area contributed by atoms with Crippen molar-refractivity contribution in [3.05, 3.63) is 34.7 Å². The molecule has 4 heteroatoms. The summed E-state index contributed by atoms with van der Waals surface area (Å²) >= 11 is 1.13. The number of thiophene rings is 1. The van der Waals surface area contributed by atoms with Gasteiger partial charge in [-0.3, -0.25) is 4.79 Å². The Hall–Kier alpha value is -1.68. The first-order valence-corrected chi connectivity index (χ1v) is 4.75. The van der Waals surface area contributed by atoms with Crippen molar-refractivity contribution in [1.29, 1.82) is 0 Å². The number of carboxylic acids is 1. The monoisotopic (exact) mass is 206 g/mol. The average molecular weight is 206 g/mol. The zero-order valence-electron chi connectivity index (χ0n) is 7.06. The van der Waals surface area contributed by atoms with Crippen molar-refractivity contribution in [1.82, 2.24) is 0 Å². The summed E-state index contributed by atoms with van der Waals surface area (Å²) in [5.74, 6) is -1.05. The molecule has 14 heavy (non-hydrogen) atoms. The Morgan fingerprint density at radius 1 is 1.36 bits per heavy atom. The van der Waals surface area contributed by atoms with Crippen LogP contribution in [0.25, 0.3) is 10.1 Å². The van der Waals surface area contributed by atoms with Crippen molar-refractivity contribution >= 4 is 33.7 Å². The molecule has 0 atom stereocenters. The summed E-state index contributed by atoms with van der Waals surface area (Å²) in [6.45, 7) is 0. The van der Waals surface area contributed by atoms with E-state index in [0.29, 0.717) is 11.7 Å². The summed E-state index contributed by atoms with van der Waals surface area (Å²) in [7, 11) is 0. The molecule has 0 saturated carbocycles. The normalized spacial score (nSPS) is 10.3. The van der Waals surface area contributed by atoms with E-state index in [9.17, 15) is 9.59 Å². The molecule has 70 valence electrons. The molecule has 0 bridgehead atoms. The number of carboxylic acid groups (broad SMARTS) is 1. The highest BCUT2D eigenvalue weighted by molar-refractivity contribution is 7.21. The molecule has 0 aliphatic carbocycles. The van der Waals surface area contributed by atoms with E-state index in [0.717, 1.165) is 16.0 Å². The van der Waals surface area contributed by atoms with Gasteiger partial charge in [0.2, 0.25) is 0 Å². The van der Waals surface area contributed by atoms with E-state index in [1.54, 1.807) is 18.2 Å². The zero-order chi connectivity index (χ0) is 10.1. The van der Waals surface area contributed by atoms with Crippen molar-refractivity contribution < 1.29 is 14.7 Å². The molecule has 1 heterocycles. The van der Waals surface area contributed by atoms with Crippen molar-refractivity contribution in [3.63, 3.8) is 0 Å². The molecule has 0 fully saturated rings. The summed E-state index contributed by atoms with van der Waals surface area (Å²) in [4.78, 5) is 21.7. The lowest BCUT2D eigenvalue weighted by Gasteiger charge is -1.89. The van der Waals surface area contributed by atoms with Gasteiger partial charge < -0.3 is 5.11 Å². The van der Waals surface area contributed by atoms with E-state index in [1.165, 1.54) is 0 Å². The number of hydrogen-bond donors (Lipinski definition) is 1. The van der Waals surface area contributed by atoms with Gasteiger partial charge in [0.1, 0.15) is 4.88 Å². The van der Waals surface area contributed by atoms with E-state index in [2.05, 4.69) is 0 Å². The number of fused-ring (bicyclic) bond motifs is 1. The number of carbonyl (C=O) groups is 2. The maximum Gasteiger partial charge on any atom is 0.346 e. The van der Waals surface area contributed by atoms with Crippen LogP contribution >= 0.6 is 11.3 Å². The van der Waals surface area contributed by atoms with Crippen LogP contribution in [0.5, 0.6) is 0 Å². The molecule has 1 N–H and O–H groups in total. The van der Waals surface area contributed by atoms with E-state index >= 15 is 0 Å². The van der Waals surface area contributed by atoms with Crippen LogP contribution < -0.4 is 0 Å². The van der Waals surface area contributed by atoms with Gasteiger partial charge in [-0.2, -0.15) is 0 Å². The fraction of sp³-hybridized carbons (Fsp3) is 0. The van der Waals surface area contributed by atoms with E-state index in [1.807, 2.05) is 6.07 Å². The van der Waals surface area contributed by atoms with Crippen LogP contribution in [0.4, 0.5) is 0 Å². The van der Waals surface area contributed by atoms with Crippen LogP contribution in [-0.2, 0) is 0 Å². The molecule has 0 spiro atoms. The lowest BCUT2D eigenvalue weighted by molar-refractivity contribution is 0.0699. The maximum absolute atomic E-state index is 10.8. The Morgan fingerprint density at radius 2 is 2.07 bits per heavy atom. The molecular formula is C10H6O3S. The third-order valence-electron chi connectivity index (χ3n) is 1.95. The molecule has 0 radical (unpaired) electrons. The molecule has 2 aromatic rings. The Balaban J connectivity index is 2.85. The first kappa shape index (κ1) is 8.90. The standard InChI is InChI=1S/C10H6O3S/c11-5-7-6-3-1-2-4-8(6)14-9(7)10(12)13/h1-5H,(H,12,13). The van der Waals surface area contributed by atoms with Gasteiger partial charge >= 0.3 is 5.97 Å². The average Bonchev–Trinajstić information content (AvgIpc) is 2.56. The van der Waals surface area contributed by atoms with Crippen LogP contribution in [0.1, 0.15) is 20.0 Å². The minimum Gasteiger partial charge on any atom is -0.477 e. The van der Waals surface area contributed by atoms with Crippen molar-refractivity contribution in [2.75, 3.05) is 0 Å². The summed E-state index contributed by atoms with van der Waals surface area (Å²) in [5, 5.41) is 9.56. The van der Waals surface area contributed by atoms with Crippen LogP contribution in [-0.4, -0.2) is 17.4 Å². The second-order valence-electron chi connectivity index (χ2n) is 2.76. The molecule has 0 unspecified atom stereocenters. The molecule has 1 aromatic heterocycles. The lowest BCUT2D eigenvalue weighted by Crippen LogP contribution is -1.96. The largest absolute Gasteiger partial charge is 0.477 e. The highest BCUT2D eigenvalue weighted by Gasteiger charge is 2.16. The molecule has 0 aliphatic heterocycles. The van der Waals surface area contributed by atoms with Gasteiger partial charge in [0.15, 0.2) is 6.29 Å². The molecule has 2 rings (SSSR count). The number of rotatable bonds is 2. The van der Waals surface area contributed by atoms with Gasteiger partial charge in [-0.25, -0.2) is 4.79 Å². The van der Waals surface area contributed by atoms with Crippen LogP contribution in [0.3, 0.4) is 0 Å². The van der Waals surface area contributed by atoms with E-state index < -0.39 is 5.97 Å². The van der Waals surface area contributed by atoms with Crippen LogP contribution in [0.15, 0.2) is 24.3 Å². The van der Waals surface area contributed by atoms with Crippen molar-refractivity contribution in [2.24, 2.45) is 0 Å². The fourth-order valence-corrected chi connectivity index (χ4v) is 2.35. The summed E-state index contributed by atoms with van der Waals surface area (Å²) < 4.78 is 0.826. The minimum absolute atomic E-state index is 0.112. The Kier molecular flexibility index (Phi) is 2.05. The second kappa shape index (κ2) is 3.23. The smallest absolute Gasteiger partial charge is 0.346 e. The predicted molar refractivity (Wildman–Crippen MR) is 54.2 cm³/mol. The number of aldehydes is 1. The zero-order valence-corrected chi connectivity index (χ0v) is 7.88. The van der Waals surface area contributed by atoms with Crippen LogP contribution in [0, 0.1) is 0 Å². The molecule has 0 saturated heterocycles. The number of hydrogen-bond acceptors (Lipinski definition) is 3. The highest BCUT2D eigenvalue weighted by atomic mass is 32.1. The molecule has 1 aromatic carbocycles. The molecule has 0 aliphatic rings. The van der Waals surface area contributed by atoms with Crippen molar-refractivity contribution in [3.8, 4) is 0 Å². The first-order valence-electron chi connectivity index (χ1n) is 3.94. The van der Waals surface area contributed by atoms with E-state index in [-0.39, 0.29) is 10.4 Å². The summed E-state index contributed by atoms with van der Waals surface area (Å²) in [5.41, 5.74) is 0.276. The molecule has 3 nitrogen and oxygen atoms in total. The van der Waals surface area contributed by atoms with Gasteiger partial charge in [-0.05, 0) is 6.07 Å². The second-order valence-corrected chi connectivity index (χ2v) is 3.82. The highest BCUT2D eigenvalue weighted by Crippen LogP contribution is 2.29. The van der Waals surface area contributed by atoms with Crippen LogP contribution in [0.2, 0.25) is 0 Å². The quantitative estimate of drug-likeness (QED) is 0.767. The van der Waals surface area contributed by atoms with Crippen molar-refractivity contribution in [2.45, 2.75) is 0 Å². The van der Waals surface area contributed by atoms with Gasteiger partial charge in [0, 0.05) is 15.6 Å². The van der Waals surface area contributed by atoms with Gasteiger partial charge in [0.05, 0.1) is 0 Å².